The van der Waals surface area contributed by atoms with Gasteiger partial charge in [-0.2, -0.15) is 0 Å². The van der Waals surface area contributed by atoms with E-state index in [4.69, 9.17) is 9.47 Å². The monoisotopic (exact) mass is 383 g/mol. The van der Waals surface area contributed by atoms with Crippen molar-refractivity contribution < 1.29 is 18.7 Å². The number of halogens is 1. The third kappa shape index (κ3) is 4.14. The maximum absolute atomic E-state index is 13.4. The first-order chi connectivity index (χ1) is 13.5. The molecule has 0 aliphatic carbocycles. The lowest BCUT2D eigenvalue weighted by Crippen LogP contribution is -2.31. The van der Waals surface area contributed by atoms with Crippen molar-refractivity contribution in [2.45, 2.75) is 13.0 Å². The predicted molar refractivity (Wildman–Crippen MR) is 103 cm³/mol. The quantitative estimate of drug-likeness (QED) is 0.678. The van der Waals surface area contributed by atoms with Gasteiger partial charge in [0, 0.05) is 25.0 Å². The largest absolute Gasteiger partial charge is 0.493 e. The van der Waals surface area contributed by atoms with Crippen LogP contribution in [0, 0.1) is 5.82 Å². The third-order valence-electron chi connectivity index (χ3n) is 4.32. The molecule has 1 aromatic heterocycles. The number of aromatic nitrogens is 2. The highest BCUT2D eigenvalue weighted by Gasteiger charge is 2.22. The Morgan fingerprint density at radius 3 is 2.57 bits per heavy atom. The van der Waals surface area contributed by atoms with Crippen molar-refractivity contribution in [1.82, 2.24) is 14.9 Å². The summed E-state index contributed by atoms with van der Waals surface area (Å²) in [4.78, 5) is 17.3. The summed E-state index contributed by atoms with van der Waals surface area (Å²) in [5, 5.41) is 2.98. The molecule has 1 heterocycles. The van der Waals surface area contributed by atoms with Crippen molar-refractivity contribution in [2.75, 3.05) is 13.7 Å². The summed E-state index contributed by atoms with van der Waals surface area (Å²) in [5.74, 6) is 1.04. The highest BCUT2D eigenvalue weighted by Crippen LogP contribution is 2.29. The average molecular weight is 383 g/mol. The van der Waals surface area contributed by atoms with E-state index in [2.05, 4.69) is 10.3 Å². The van der Waals surface area contributed by atoms with Gasteiger partial charge in [0.05, 0.1) is 13.7 Å². The van der Waals surface area contributed by atoms with Crippen LogP contribution in [0.3, 0.4) is 0 Å². The van der Waals surface area contributed by atoms with Gasteiger partial charge in [-0.25, -0.2) is 9.37 Å². The lowest BCUT2D eigenvalue weighted by molar-refractivity contribution is 0.0940. The highest BCUT2D eigenvalue weighted by atomic mass is 19.1. The van der Waals surface area contributed by atoms with Gasteiger partial charge in [-0.3, -0.25) is 4.79 Å². The van der Waals surface area contributed by atoms with E-state index in [9.17, 15) is 9.18 Å². The van der Waals surface area contributed by atoms with Crippen molar-refractivity contribution in [2.24, 2.45) is 7.05 Å². The number of hydrogen-bond acceptors (Lipinski definition) is 4. The fraction of sp³-hybridized carbons (Fsp3) is 0.238. The molecule has 1 unspecified atom stereocenters. The van der Waals surface area contributed by atoms with Gasteiger partial charge in [-0.05, 0) is 42.8 Å². The van der Waals surface area contributed by atoms with Gasteiger partial charge < -0.3 is 19.4 Å². The summed E-state index contributed by atoms with van der Waals surface area (Å²) >= 11 is 0. The zero-order valence-electron chi connectivity index (χ0n) is 16.0. The molecule has 0 spiro atoms. The van der Waals surface area contributed by atoms with Crippen LogP contribution in [-0.4, -0.2) is 29.2 Å². The minimum absolute atomic E-state index is 0.305. The first-order valence-corrected chi connectivity index (χ1v) is 8.87. The van der Waals surface area contributed by atoms with Crippen LogP contribution in [0.1, 0.15) is 34.7 Å². The molecular weight excluding hydrogens is 361 g/mol. The minimum atomic E-state index is -0.536. The number of carbonyl (C=O) groups excluding carboxylic acids is 1. The Kier molecular flexibility index (Phi) is 5.93. The molecule has 6 nitrogen and oxygen atoms in total. The lowest BCUT2D eigenvalue weighted by atomic mass is 10.0. The SMILES string of the molecule is CCOc1cc(C(=O)NC(c2ccc(F)cc2)c2nccn2C)ccc1OC. The fourth-order valence-electron chi connectivity index (χ4n) is 2.91. The Morgan fingerprint density at radius 2 is 1.96 bits per heavy atom. The second-order valence-corrected chi connectivity index (χ2v) is 6.15. The summed E-state index contributed by atoms with van der Waals surface area (Å²) in [6, 6.07) is 10.4. The van der Waals surface area contributed by atoms with Crippen LogP contribution < -0.4 is 14.8 Å². The summed E-state index contributed by atoms with van der Waals surface area (Å²) in [7, 11) is 3.38. The van der Waals surface area contributed by atoms with Crippen LogP contribution >= 0.6 is 0 Å². The molecule has 0 saturated carbocycles. The molecule has 2 aromatic carbocycles. The van der Waals surface area contributed by atoms with Gasteiger partial charge in [0.15, 0.2) is 11.5 Å². The number of amides is 1. The molecule has 0 fully saturated rings. The molecule has 146 valence electrons. The van der Waals surface area contributed by atoms with E-state index in [0.29, 0.717) is 29.5 Å². The number of nitrogens with one attached hydrogen (secondary N) is 1. The fourth-order valence-corrected chi connectivity index (χ4v) is 2.91. The molecule has 1 N–H and O–H groups in total. The number of benzene rings is 2. The molecule has 0 aliphatic rings. The van der Waals surface area contributed by atoms with Crippen LogP contribution in [0.15, 0.2) is 54.9 Å². The van der Waals surface area contributed by atoms with Crippen molar-refractivity contribution in [3.05, 3.63) is 77.6 Å². The Morgan fingerprint density at radius 1 is 1.21 bits per heavy atom. The molecule has 0 saturated heterocycles. The molecular formula is C21H22FN3O3. The second-order valence-electron chi connectivity index (χ2n) is 6.15. The summed E-state index contributed by atoms with van der Waals surface area (Å²) in [5.41, 5.74) is 1.15. The van der Waals surface area contributed by atoms with Crippen LogP contribution in [0.4, 0.5) is 4.39 Å². The van der Waals surface area contributed by atoms with E-state index < -0.39 is 6.04 Å². The van der Waals surface area contributed by atoms with Crippen molar-refractivity contribution >= 4 is 5.91 Å². The number of aryl methyl sites for hydroxylation is 1. The first-order valence-electron chi connectivity index (χ1n) is 8.87. The van der Waals surface area contributed by atoms with Crippen LogP contribution in [0.2, 0.25) is 0 Å². The molecule has 3 aromatic rings. The van der Waals surface area contributed by atoms with Crippen molar-refractivity contribution in [3.8, 4) is 11.5 Å². The molecule has 1 amide bonds. The van der Waals surface area contributed by atoms with Gasteiger partial charge in [0.25, 0.3) is 5.91 Å². The molecule has 28 heavy (non-hydrogen) atoms. The number of methoxy groups -OCH3 is 1. The second kappa shape index (κ2) is 8.56. The molecule has 3 rings (SSSR count). The Hall–Kier alpha value is -3.35. The van der Waals surface area contributed by atoms with Crippen LogP contribution in [0.25, 0.3) is 0 Å². The molecule has 7 heteroatoms. The van der Waals surface area contributed by atoms with E-state index in [1.54, 1.807) is 49.8 Å². The number of imidazole rings is 1. The Bertz CT molecular complexity index is 954. The van der Waals surface area contributed by atoms with Gasteiger partial charge in [-0.1, -0.05) is 12.1 Å². The predicted octanol–water partition coefficient (Wildman–Crippen LogP) is 3.49. The van der Waals surface area contributed by atoms with E-state index in [0.717, 1.165) is 5.56 Å². The highest BCUT2D eigenvalue weighted by molar-refractivity contribution is 5.95. The van der Waals surface area contributed by atoms with Gasteiger partial charge in [0.1, 0.15) is 17.7 Å². The number of rotatable bonds is 7. The number of nitrogens with zero attached hydrogens (tertiary/aromatic N) is 2. The minimum Gasteiger partial charge on any atom is -0.493 e. The number of ether oxygens (including phenoxy) is 2. The molecule has 1 atom stereocenters. The smallest absolute Gasteiger partial charge is 0.252 e. The molecule has 0 radical (unpaired) electrons. The van der Waals surface area contributed by atoms with E-state index >= 15 is 0 Å². The molecule has 0 bridgehead atoms. The summed E-state index contributed by atoms with van der Waals surface area (Å²) < 4.78 is 26.0. The van der Waals surface area contributed by atoms with E-state index in [-0.39, 0.29) is 11.7 Å². The zero-order valence-corrected chi connectivity index (χ0v) is 16.0. The Labute approximate surface area is 162 Å². The maximum Gasteiger partial charge on any atom is 0.252 e. The van der Waals surface area contributed by atoms with Crippen molar-refractivity contribution in [3.63, 3.8) is 0 Å². The molecule has 0 aliphatic heterocycles. The first kappa shape index (κ1) is 19.4. The van der Waals surface area contributed by atoms with Crippen molar-refractivity contribution in [1.29, 1.82) is 0 Å². The van der Waals surface area contributed by atoms with Crippen LogP contribution in [0.5, 0.6) is 11.5 Å². The lowest BCUT2D eigenvalue weighted by Gasteiger charge is -2.20. The normalized spacial score (nSPS) is 11.7. The topological polar surface area (TPSA) is 65.4 Å². The zero-order chi connectivity index (χ0) is 20.1. The number of hydrogen-bond donors (Lipinski definition) is 1. The maximum atomic E-state index is 13.4. The van der Waals surface area contributed by atoms with Gasteiger partial charge >= 0.3 is 0 Å². The van der Waals surface area contributed by atoms with Gasteiger partial charge in [0.2, 0.25) is 0 Å². The standard InChI is InChI=1S/C21H22FN3O3/c1-4-28-18-13-15(7-10-17(18)27-3)21(26)24-19(20-23-11-12-25(20)2)14-5-8-16(22)9-6-14/h5-13,19H,4H2,1-3H3,(H,24,26). The van der Waals surface area contributed by atoms with Crippen LogP contribution in [-0.2, 0) is 7.05 Å². The third-order valence-corrected chi connectivity index (χ3v) is 4.32. The summed E-state index contributed by atoms with van der Waals surface area (Å²) in [6.07, 6.45) is 3.44. The van der Waals surface area contributed by atoms with Gasteiger partial charge in [-0.15, -0.1) is 0 Å². The average Bonchev–Trinajstić information content (AvgIpc) is 3.12. The van der Waals surface area contributed by atoms with E-state index in [1.807, 2.05) is 18.5 Å². The Balaban J connectivity index is 1.92. The number of carbonyl (C=O) groups is 1. The van der Waals surface area contributed by atoms with E-state index in [1.165, 1.54) is 12.1 Å². The summed E-state index contributed by atoms with van der Waals surface area (Å²) in [6.45, 7) is 2.31.